The minimum Gasteiger partial charge on any atom is -0.352 e. The molecule has 0 atom stereocenters. The highest BCUT2D eigenvalue weighted by Gasteiger charge is 2.05. The first-order chi connectivity index (χ1) is 14.8. The van der Waals surface area contributed by atoms with E-state index in [1.54, 1.807) is 32.0 Å². The third kappa shape index (κ3) is 6.14. The molecule has 3 aromatic heterocycles. The van der Waals surface area contributed by atoms with Crippen molar-refractivity contribution >= 4 is 29.9 Å². The monoisotopic (exact) mass is 528 g/mol. The maximum atomic E-state index is 4.39. The fraction of sp³-hybridized carbons (Fsp3) is 0.182. The lowest BCUT2D eigenvalue weighted by Crippen LogP contribution is -2.36. The molecule has 0 bridgehead atoms. The highest BCUT2D eigenvalue weighted by Crippen LogP contribution is 2.10. The third-order valence-corrected chi connectivity index (χ3v) is 4.72. The number of nitrogens with one attached hydrogen (secondary N) is 2. The maximum Gasteiger partial charge on any atom is 0.191 e. The summed E-state index contributed by atoms with van der Waals surface area (Å²) in [7, 11) is 1.77. The SMILES string of the molecule is CN=C(NCc1ccnc(-n2ccnc2)c1)NCc1ccccc1Cn1cccn1.I. The third-order valence-electron chi connectivity index (χ3n) is 4.72. The van der Waals surface area contributed by atoms with Crippen LogP contribution < -0.4 is 10.6 Å². The Morgan fingerprint density at radius 3 is 2.55 bits per heavy atom. The minimum absolute atomic E-state index is 0. The number of hydrogen-bond donors (Lipinski definition) is 2. The number of nitrogens with zero attached hydrogens (tertiary/aromatic N) is 6. The lowest BCUT2D eigenvalue weighted by molar-refractivity contribution is 0.677. The Bertz CT molecular complexity index is 1090. The zero-order valence-electron chi connectivity index (χ0n) is 17.2. The van der Waals surface area contributed by atoms with Gasteiger partial charge in [-0.15, -0.1) is 24.0 Å². The molecule has 9 heteroatoms. The zero-order valence-corrected chi connectivity index (χ0v) is 19.5. The van der Waals surface area contributed by atoms with Crippen LogP contribution in [0.1, 0.15) is 16.7 Å². The minimum atomic E-state index is 0. The Balaban J connectivity index is 0.00000272. The van der Waals surface area contributed by atoms with Crippen LogP contribution in [0.4, 0.5) is 0 Å². The summed E-state index contributed by atoms with van der Waals surface area (Å²) in [6.07, 6.45) is 10.9. The summed E-state index contributed by atoms with van der Waals surface area (Å²) in [6, 6.07) is 14.3. The molecule has 31 heavy (non-hydrogen) atoms. The van der Waals surface area contributed by atoms with Gasteiger partial charge in [-0.3, -0.25) is 14.2 Å². The first-order valence-corrected chi connectivity index (χ1v) is 9.74. The normalized spacial score (nSPS) is 11.1. The summed E-state index contributed by atoms with van der Waals surface area (Å²) in [4.78, 5) is 12.8. The largest absolute Gasteiger partial charge is 0.352 e. The van der Waals surface area contributed by atoms with Crippen molar-refractivity contribution in [2.75, 3.05) is 7.05 Å². The topological polar surface area (TPSA) is 85.0 Å². The van der Waals surface area contributed by atoms with Crippen molar-refractivity contribution in [3.63, 3.8) is 0 Å². The molecular weight excluding hydrogens is 503 g/mol. The summed E-state index contributed by atoms with van der Waals surface area (Å²) in [6.45, 7) is 2.05. The molecule has 0 saturated carbocycles. The Morgan fingerprint density at radius 1 is 0.968 bits per heavy atom. The van der Waals surface area contributed by atoms with Crippen LogP contribution in [-0.4, -0.2) is 37.3 Å². The summed E-state index contributed by atoms with van der Waals surface area (Å²) in [5, 5.41) is 11.1. The van der Waals surface area contributed by atoms with Crippen molar-refractivity contribution in [3.8, 4) is 5.82 Å². The summed E-state index contributed by atoms with van der Waals surface area (Å²) >= 11 is 0. The second-order valence-corrected chi connectivity index (χ2v) is 6.74. The van der Waals surface area contributed by atoms with Gasteiger partial charge in [0.15, 0.2) is 5.96 Å². The number of aliphatic imine (C=N–C) groups is 1. The summed E-state index contributed by atoms with van der Waals surface area (Å²) < 4.78 is 3.81. The van der Waals surface area contributed by atoms with Gasteiger partial charge in [-0.05, 0) is 34.9 Å². The molecule has 8 nitrogen and oxygen atoms in total. The first-order valence-electron chi connectivity index (χ1n) is 9.74. The molecule has 0 unspecified atom stereocenters. The van der Waals surface area contributed by atoms with Crippen molar-refractivity contribution in [2.45, 2.75) is 19.6 Å². The van der Waals surface area contributed by atoms with Crippen molar-refractivity contribution in [1.29, 1.82) is 0 Å². The van der Waals surface area contributed by atoms with E-state index < -0.39 is 0 Å². The van der Waals surface area contributed by atoms with Gasteiger partial charge in [-0.1, -0.05) is 24.3 Å². The van der Waals surface area contributed by atoms with Crippen LogP contribution in [0, 0.1) is 0 Å². The number of pyridine rings is 1. The molecule has 0 saturated heterocycles. The van der Waals surface area contributed by atoms with E-state index in [1.807, 2.05) is 45.9 Å². The van der Waals surface area contributed by atoms with Crippen LogP contribution in [-0.2, 0) is 19.6 Å². The number of hydrogen-bond acceptors (Lipinski definition) is 4. The molecule has 4 aromatic rings. The van der Waals surface area contributed by atoms with Crippen molar-refractivity contribution in [1.82, 2.24) is 34.9 Å². The van der Waals surface area contributed by atoms with Gasteiger partial charge in [0.25, 0.3) is 0 Å². The van der Waals surface area contributed by atoms with Crippen molar-refractivity contribution in [2.24, 2.45) is 4.99 Å². The number of benzene rings is 1. The van der Waals surface area contributed by atoms with Gasteiger partial charge in [0.2, 0.25) is 0 Å². The first kappa shape index (κ1) is 22.5. The van der Waals surface area contributed by atoms with E-state index in [-0.39, 0.29) is 24.0 Å². The summed E-state index contributed by atoms with van der Waals surface area (Å²) in [5.41, 5.74) is 3.54. The van der Waals surface area contributed by atoms with E-state index in [4.69, 9.17) is 0 Å². The molecule has 0 aliphatic carbocycles. The van der Waals surface area contributed by atoms with E-state index in [1.165, 1.54) is 11.1 Å². The smallest absolute Gasteiger partial charge is 0.191 e. The fourth-order valence-electron chi connectivity index (χ4n) is 3.14. The Kier molecular flexibility index (Phi) is 8.16. The van der Waals surface area contributed by atoms with E-state index in [0.29, 0.717) is 13.1 Å². The van der Waals surface area contributed by atoms with Crippen molar-refractivity contribution in [3.05, 3.63) is 96.5 Å². The van der Waals surface area contributed by atoms with Gasteiger partial charge in [0.1, 0.15) is 12.1 Å². The molecular formula is C22H25IN8. The number of halogens is 1. The van der Waals surface area contributed by atoms with E-state index in [2.05, 4.69) is 48.9 Å². The second-order valence-electron chi connectivity index (χ2n) is 6.74. The lowest BCUT2D eigenvalue weighted by Gasteiger charge is -2.15. The van der Waals surface area contributed by atoms with Crippen LogP contribution in [0.3, 0.4) is 0 Å². The van der Waals surface area contributed by atoms with Crippen LogP contribution in [0.15, 0.2) is 84.8 Å². The van der Waals surface area contributed by atoms with Crippen LogP contribution in [0.5, 0.6) is 0 Å². The molecule has 0 amide bonds. The molecule has 0 fully saturated rings. The van der Waals surface area contributed by atoms with E-state index in [0.717, 1.165) is 23.9 Å². The average Bonchev–Trinajstić information content (AvgIpc) is 3.50. The van der Waals surface area contributed by atoms with Crippen LogP contribution >= 0.6 is 24.0 Å². The molecule has 0 spiro atoms. The second kappa shape index (κ2) is 11.3. The number of rotatable bonds is 7. The van der Waals surface area contributed by atoms with Gasteiger partial charge in [-0.25, -0.2) is 9.97 Å². The molecule has 0 aliphatic heterocycles. The maximum absolute atomic E-state index is 4.39. The van der Waals surface area contributed by atoms with Crippen LogP contribution in [0.2, 0.25) is 0 Å². The molecule has 160 valence electrons. The van der Waals surface area contributed by atoms with E-state index >= 15 is 0 Å². The molecule has 4 rings (SSSR count). The summed E-state index contributed by atoms with van der Waals surface area (Å²) in [5.74, 6) is 1.58. The average molecular weight is 528 g/mol. The van der Waals surface area contributed by atoms with Crippen LogP contribution in [0.25, 0.3) is 5.82 Å². The molecule has 1 aromatic carbocycles. The predicted molar refractivity (Wildman–Crippen MR) is 132 cm³/mol. The molecule has 3 heterocycles. The Hall–Kier alpha value is -3.21. The van der Waals surface area contributed by atoms with E-state index in [9.17, 15) is 0 Å². The highest BCUT2D eigenvalue weighted by atomic mass is 127. The Morgan fingerprint density at radius 2 is 1.81 bits per heavy atom. The van der Waals surface area contributed by atoms with Gasteiger partial charge in [0, 0.05) is 51.1 Å². The Labute approximate surface area is 198 Å². The van der Waals surface area contributed by atoms with Gasteiger partial charge in [-0.2, -0.15) is 5.10 Å². The quantitative estimate of drug-likeness (QED) is 0.219. The lowest BCUT2D eigenvalue weighted by atomic mass is 10.1. The van der Waals surface area contributed by atoms with Gasteiger partial charge < -0.3 is 10.6 Å². The number of imidazole rings is 1. The predicted octanol–water partition coefficient (Wildman–Crippen LogP) is 3.00. The molecule has 0 aliphatic rings. The molecule has 0 radical (unpaired) electrons. The number of guanidine groups is 1. The van der Waals surface area contributed by atoms with Gasteiger partial charge in [0.05, 0.1) is 6.54 Å². The zero-order chi connectivity index (χ0) is 20.6. The fourth-order valence-corrected chi connectivity index (χ4v) is 3.14. The number of aromatic nitrogens is 5. The molecule has 2 N–H and O–H groups in total. The van der Waals surface area contributed by atoms with Crippen molar-refractivity contribution < 1.29 is 0 Å². The van der Waals surface area contributed by atoms with Gasteiger partial charge >= 0.3 is 0 Å². The standard InChI is InChI=1S/C22H24N8.HI/c1-23-22(26-14-18-7-9-25-21(13-18)29-12-10-24-17-29)27-15-19-5-2-3-6-20(19)16-30-11-4-8-28-30;/h2-13,17H,14-16H2,1H3,(H2,23,26,27);1H. The highest BCUT2D eigenvalue weighted by molar-refractivity contribution is 14.0.